The highest BCUT2D eigenvalue weighted by Crippen LogP contribution is 2.50. The van der Waals surface area contributed by atoms with Gasteiger partial charge in [0, 0.05) is 22.0 Å². The van der Waals surface area contributed by atoms with Crippen LogP contribution >= 0.6 is 11.6 Å². The molecular formula is C24H25ClN2O3. The number of fused-ring (bicyclic) bond motifs is 1. The largest absolute Gasteiger partial charge is 0.616 e. The normalized spacial score (nSPS) is 26.5. The third kappa shape index (κ3) is 3.70. The first-order valence-electron chi connectivity index (χ1n) is 10.1. The van der Waals surface area contributed by atoms with E-state index < -0.39 is 23.3 Å². The third-order valence-corrected chi connectivity index (χ3v) is 6.62. The van der Waals surface area contributed by atoms with Crippen molar-refractivity contribution in [1.82, 2.24) is 0 Å². The van der Waals surface area contributed by atoms with Gasteiger partial charge in [0.15, 0.2) is 6.21 Å². The predicted molar refractivity (Wildman–Crippen MR) is 119 cm³/mol. The van der Waals surface area contributed by atoms with Crippen LogP contribution in [0.25, 0.3) is 0 Å². The molecule has 0 radical (unpaired) electrons. The van der Waals surface area contributed by atoms with Crippen LogP contribution in [0.15, 0.2) is 60.7 Å². The van der Waals surface area contributed by atoms with Gasteiger partial charge in [0.25, 0.3) is 0 Å². The van der Waals surface area contributed by atoms with Crippen molar-refractivity contribution in [3.63, 3.8) is 0 Å². The summed E-state index contributed by atoms with van der Waals surface area (Å²) in [5.41, 5.74) is 1.29. The Bertz CT molecular complexity index is 985. The molecule has 5 nitrogen and oxygen atoms in total. The summed E-state index contributed by atoms with van der Waals surface area (Å²) in [6.07, 6.45) is 7.55. The molecule has 30 heavy (non-hydrogen) atoms. The van der Waals surface area contributed by atoms with Crippen LogP contribution in [0.2, 0.25) is 5.02 Å². The molecule has 2 aliphatic rings. The van der Waals surface area contributed by atoms with Crippen LogP contribution in [0, 0.1) is 22.5 Å². The van der Waals surface area contributed by atoms with Gasteiger partial charge in [0.05, 0.1) is 13.2 Å². The van der Waals surface area contributed by atoms with Crippen LogP contribution in [-0.4, -0.2) is 24.0 Å². The van der Waals surface area contributed by atoms with Crippen molar-refractivity contribution in [2.24, 2.45) is 17.3 Å². The van der Waals surface area contributed by atoms with Gasteiger partial charge in [-0.15, -0.1) is 4.74 Å². The molecule has 0 fully saturated rings. The number of benzene rings is 2. The number of anilines is 1. The predicted octanol–water partition coefficient (Wildman–Crippen LogP) is 5.21. The highest BCUT2D eigenvalue weighted by atomic mass is 35.5. The molecule has 1 aliphatic carbocycles. The van der Waals surface area contributed by atoms with E-state index in [0.29, 0.717) is 9.76 Å². The molecule has 1 aliphatic heterocycles. The van der Waals surface area contributed by atoms with Crippen LogP contribution in [0.4, 0.5) is 5.69 Å². The number of rotatable bonds is 5. The summed E-state index contributed by atoms with van der Waals surface area (Å²) in [5.74, 6) is -0.247. The van der Waals surface area contributed by atoms with E-state index in [4.69, 9.17) is 16.3 Å². The number of nitrogens with zero attached hydrogens (tertiary/aromatic N) is 1. The van der Waals surface area contributed by atoms with E-state index in [0.717, 1.165) is 29.8 Å². The van der Waals surface area contributed by atoms with Gasteiger partial charge in [-0.2, -0.15) is 0 Å². The van der Waals surface area contributed by atoms with Crippen molar-refractivity contribution in [2.45, 2.75) is 25.8 Å². The average Bonchev–Trinajstić information content (AvgIpc) is 2.75. The molecule has 6 heteroatoms. The zero-order valence-corrected chi connectivity index (χ0v) is 17.8. The van der Waals surface area contributed by atoms with Gasteiger partial charge in [-0.25, -0.2) is 4.79 Å². The fourth-order valence-electron chi connectivity index (χ4n) is 4.65. The fraction of sp³-hybridized carbons (Fsp3) is 0.333. The number of methoxy groups -OCH3 is 1. The molecule has 4 rings (SSSR count). The Hall–Kier alpha value is -2.79. The molecule has 1 amide bonds. The molecule has 0 saturated carbocycles. The second kappa shape index (κ2) is 8.15. The molecule has 156 valence electrons. The van der Waals surface area contributed by atoms with Gasteiger partial charge in [-0.1, -0.05) is 42.8 Å². The van der Waals surface area contributed by atoms with Crippen molar-refractivity contribution in [2.75, 3.05) is 12.4 Å². The first kappa shape index (κ1) is 20.5. The Morgan fingerprint density at radius 2 is 1.90 bits per heavy atom. The summed E-state index contributed by atoms with van der Waals surface area (Å²) in [4.78, 5) is 13.2. The SMILES string of the molecule is COc1ccc([C@@H](Nc2ccc(Cl)cc2)[C@@H]2C(=O)[N+]([O-])=C[C@@H]3CCC=C[C@@]32C)cc1. The summed E-state index contributed by atoms with van der Waals surface area (Å²) in [6, 6.07) is 14.6. The number of carbonyl (C=O) groups excluding carboxylic acids is 1. The lowest BCUT2D eigenvalue weighted by molar-refractivity contribution is -0.395. The maximum atomic E-state index is 13.2. The first-order chi connectivity index (χ1) is 14.4. The number of amides is 1. The van der Waals surface area contributed by atoms with Crippen LogP contribution < -0.4 is 10.1 Å². The number of hydroxylamine groups is 1. The van der Waals surface area contributed by atoms with E-state index in [1.54, 1.807) is 25.5 Å². The number of allylic oxidation sites excluding steroid dienone is 2. The summed E-state index contributed by atoms with van der Waals surface area (Å²) in [5, 5.41) is 16.7. The number of carbonyl (C=O) groups is 1. The lowest BCUT2D eigenvalue weighted by Crippen LogP contribution is -2.52. The molecule has 0 bridgehead atoms. The molecule has 0 spiro atoms. The minimum absolute atomic E-state index is 0.00969. The Balaban J connectivity index is 1.81. The van der Waals surface area contributed by atoms with Gasteiger partial charge < -0.3 is 15.3 Å². The number of hydrogen-bond donors (Lipinski definition) is 1. The van der Waals surface area contributed by atoms with Crippen molar-refractivity contribution in [3.05, 3.63) is 76.5 Å². The fourth-order valence-corrected chi connectivity index (χ4v) is 4.78. The van der Waals surface area contributed by atoms with Gasteiger partial charge in [-0.3, -0.25) is 0 Å². The summed E-state index contributed by atoms with van der Waals surface area (Å²) in [6.45, 7) is 2.08. The summed E-state index contributed by atoms with van der Waals surface area (Å²) < 4.78 is 5.83. The molecule has 0 saturated heterocycles. The quantitative estimate of drug-likeness (QED) is 0.406. The van der Waals surface area contributed by atoms with E-state index in [2.05, 4.69) is 24.4 Å². The molecule has 1 N–H and O–H groups in total. The monoisotopic (exact) mass is 424 g/mol. The Kier molecular flexibility index (Phi) is 5.56. The van der Waals surface area contributed by atoms with Crippen molar-refractivity contribution >= 4 is 29.4 Å². The summed E-state index contributed by atoms with van der Waals surface area (Å²) in [7, 11) is 1.62. The third-order valence-electron chi connectivity index (χ3n) is 6.36. The lowest BCUT2D eigenvalue weighted by Gasteiger charge is -2.45. The Labute approximate surface area is 181 Å². The maximum Gasteiger partial charge on any atom is 0.404 e. The van der Waals surface area contributed by atoms with E-state index in [1.165, 1.54) is 0 Å². The Morgan fingerprint density at radius 1 is 1.20 bits per heavy atom. The molecule has 0 aromatic heterocycles. The second-order valence-corrected chi connectivity index (χ2v) is 8.58. The molecule has 2 aromatic carbocycles. The minimum atomic E-state index is -0.564. The van der Waals surface area contributed by atoms with Crippen LogP contribution in [0.5, 0.6) is 5.75 Å². The van der Waals surface area contributed by atoms with E-state index in [1.807, 2.05) is 36.4 Å². The number of halogens is 1. The number of hydrogen-bond acceptors (Lipinski definition) is 4. The maximum absolute atomic E-state index is 13.2. The van der Waals surface area contributed by atoms with Crippen LogP contribution in [-0.2, 0) is 4.79 Å². The van der Waals surface area contributed by atoms with Gasteiger partial charge >= 0.3 is 5.91 Å². The van der Waals surface area contributed by atoms with Gasteiger partial charge in [0.1, 0.15) is 11.7 Å². The smallest absolute Gasteiger partial charge is 0.404 e. The van der Waals surface area contributed by atoms with E-state index >= 15 is 0 Å². The van der Waals surface area contributed by atoms with Crippen LogP contribution in [0.3, 0.4) is 0 Å². The highest BCUT2D eigenvalue weighted by Gasteiger charge is 2.55. The standard InChI is InChI=1S/C24H25ClN2O3/c1-24-14-4-3-5-17(24)15-27(29)23(28)21(24)22(16-6-12-20(30-2)13-7-16)26-19-10-8-18(25)9-11-19/h4,6-15,17,21-22,26H,3,5H2,1-2H3/t17-,21+,22+,24-/m0/s1. The second-order valence-electron chi connectivity index (χ2n) is 8.15. The number of ether oxygens (including phenoxy) is 1. The van der Waals surface area contributed by atoms with E-state index in [9.17, 15) is 10.0 Å². The minimum Gasteiger partial charge on any atom is -0.616 e. The average molecular weight is 425 g/mol. The topological polar surface area (TPSA) is 64.4 Å². The lowest BCUT2D eigenvalue weighted by atomic mass is 9.60. The number of nitrogens with one attached hydrogen (secondary N) is 1. The molecular weight excluding hydrogens is 400 g/mol. The molecule has 2 aromatic rings. The zero-order valence-electron chi connectivity index (χ0n) is 17.0. The van der Waals surface area contributed by atoms with Gasteiger partial charge in [-0.05, 0) is 54.8 Å². The zero-order chi connectivity index (χ0) is 21.3. The summed E-state index contributed by atoms with van der Waals surface area (Å²) >= 11 is 6.05. The molecule has 0 unspecified atom stereocenters. The van der Waals surface area contributed by atoms with Crippen molar-refractivity contribution in [3.8, 4) is 5.75 Å². The van der Waals surface area contributed by atoms with Crippen LogP contribution in [0.1, 0.15) is 31.4 Å². The van der Waals surface area contributed by atoms with E-state index in [-0.39, 0.29) is 5.92 Å². The molecule has 4 atom stereocenters. The van der Waals surface area contributed by atoms with Crippen molar-refractivity contribution < 1.29 is 14.3 Å². The first-order valence-corrected chi connectivity index (χ1v) is 10.5. The highest BCUT2D eigenvalue weighted by molar-refractivity contribution is 6.30. The Morgan fingerprint density at radius 3 is 2.57 bits per heavy atom. The van der Waals surface area contributed by atoms with Crippen molar-refractivity contribution in [1.29, 1.82) is 0 Å². The van der Waals surface area contributed by atoms with Gasteiger partial charge in [0.2, 0.25) is 0 Å². The molecule has 1 heterocycles.